The first-order valence-corrected chi connectivity index (χ1v) is 7.45. The van der Waals surface area contributed by atoms with E-state index in [0.29, 0.717) is 17.7 Å². The van der Waals surface area contributed by atoms with Gasteiger partial charge in [0, 0.05) is 18.3 Å². The number of rotatable bonds is 6. The second-order valence-corrected chi connectivity index (χ2v) is 5.43. The molecule has 0 saturated heterocycles. The lowest BCUT2D eigenvalue weighted by atomic mass is 10.0. The molecule has 1 aromatic heterocycles. The van der Waals surface area contributed by atoms with E-state index in [9.17, 15) is 0 Å². The molecule has 0 aliphatic carbocycles. The molecule has 0 bridgehead atoms. The molecular weight excluding hydrogens is 262 g/mol. The molecule has 21 heavy (non-hydrogen) atoms. The summed E-state index contributed by atoms with van der Waals surface area (Å²) in [4.78, 5) is 8.67. The molecule has 0 saturated carbocycles. The summed E-state index contributed by atoms with van der Waals surface area (Å²) in [5.74, 6) is 2.52. The summed E-state index contributed by atoms with van der Waals surface area (Å²) < 4.78 is 5.87. The summed E-state index contributed by atoms with van der Waals surface area (Å²) >= 11 is 0. The van der Waals surface area contributed by atoms with E-state index in [0.717, 1.165) is 24.3 Å². The van der Waals surface area contributed by atoms with Crippen molar-refractivity contribution >= 4 is 5.95 Å². The van der Waals surface area contributed by atoms with Gasteiger partial charge in [0.15, 0.2) is 0 Å². The fourth-order valence-corrected chi connectivity index (χ4v) is 1.88. The number of nitrogens with one attached hydrogen (secondary N) is 1. The van der Waals surface area contributed by atoms with Crippen molar-refractivity contribution in [2.75, 3.05) is 11.9 Å². The Bertz CT molecular complexity index is 579. The quantitative estimate of drug-likeness (QED) is 0.847. The Morgan fingerprint density at radius 3 is 2.52 bits per heavy atom. The molecule has 0 aliphatic rings. The average molecular weight is 285 g/mol. The van der Waals surface area contributed by atoms with Gasteiger partial charge in [-0.3, -0.25) is 0 Å². The molecule has 0 atom stereocenters. The van der Waals surface area contributed by atoms with E-state index < -0.39 is 0 Å². The molecule has 4 nitrogen and oxygen atoms in total. The molecule has 0 fully saturated rings. The number of nitrogens with zero attached hydrogens (tertiary/aromatic N) is 2. The average Bonchev–Trinajstić information content (AvgIpc) is 2.48. The predicted octanol–water partition coefficient (Wildman–Crippen LogP) is 4.52. The fraction of sp³-hybridized carbons (Fsp3) is 0.412. The Labute approximate surface area is 126 Å². The van der Waals surface area contributed by atoms with Crippen LogP contribution in [0, 0.1) is 6.92 Å². The Morgan fingerprint density at radius 2 is 1.90 bits per heavy atom. The highest BCUT2D eigenvalue weighted by atomic mass is 16.5. The third-order valence-corrected chi connectivity index (χ3v) is 3.22. The van der Waals surface area contributed by atoms with Crippen LogP contribution in [0.3, 0.4) is 0 Å². The standard InChI is InChI=1S/C17H23N3O/c1-5-10-18-17-19-11-13(4)16(20-17)21-15-8-6-14(7-9-15)12(2)3/h6-9,11-12H,5,10H2,1-4H3,(H,18,19,20). The zero-order valence-corrected chi connectivity index (χ0v) is 13.2. The summed E-state index contributed by atoms with van der Waals surface area (Å²) in [5.41, 5.74) is 2.22. The van der Waals surface area contributed by atoms with E-state index >= 15 is 0 Å². The molecule has 0 radical (unpaired) electrons. The van der Waals surface area contributed by atoms with Crippen molar-refractivity contribution in [2.24, 2.45) is 0 Å². The summed E-state index contributed by atoms with van der Waals surface area (Å²) in [6.07, 6.45) is 2.81. The highest BCUT2D eigenvalue weighted by molar-refractivity contribution is 5.37. The molecule has 0 amide bonds. The van der Waals surface area contributed by atoms with Crippen LogP contribution in [0.5, 0.6) is 11.6 Å². The van der Waals surface area contributed by atoms with E-state index in [4.69, 9.17) is 4.74 Å². The van der Waals surface area contributed by atoms with Crippen molar-refractivity contribution in [1.29, 1.82) is 0 Å². The number of aromatic nitrogens is 2. The number of hydrogen-bond acceptors (Lipinski definition) is 4. The van der Waals surface area contributed by atoms with Crippen LogP contribution in [0.4, 0.5) is 5.95 Å². The number of aryl methyl sites for hydroxylation is 1. The number of anilines is 1. The Balaban J connectivity index is 2.14. The zero-order chi connectivity index (χ0) is 15.2. The first kappa shape index (κ1) is 15.3. The molecule has 1 heterocycles. The van der Waals surface area contributed by atoms with Gasteiger partial charge in [-0.1, -0.05) is 32.9 Å². The monoisotopic (exact) mass is 285 g/mol. The van der Waals surface area contributed by atoms with E-state index in [2.05, 4.69) is 48.2 Å². The summed E-state index contributed by atoms with van der Waals surface area (Å²) in [7, 11) is 0. The van der Waals surface area contributed by atoms with Crippen LogP contribution in [0.15, 0.2) is 30.5 Å². The minimum Gasteiger partial charge on any atom is -0.439 e. The van der Waals surface area contributed by atoms with Crippen LogP contribution in [0.2, 0.25) is 0 Å². The van der Waals surface area contributed by atoms with E-state index in [1.807, 2.05) is 19.1 Å². The summed E-state index contributed by atoms with van der Waals surface area (Å²) in [6, 6.07) is 8.14. The minimum atomic E-state index is 0.518. The SMILES string of the molecule is CCCNc1ncc(C)c(Oc2ccc(C(C)C)cc2)n1. The highest BCUT2D eigenvalue weighted by Gasteiger charge is 2.07. The van der Waals surface area contributed by atoms with E-state index in [1.165, 1.54) is 5.56 Å². The summed E-state index contributed by atoms with van der Waals surface area (Å²) in [6.45, 7) is 9.26. The Kier molecular flexibility index (Phi) is 5.14. The van der Waals surface area contributed by atoms with Crippen LogP contribution in [0.25, 0.3) is 0 Å². The van der Waals surface area contributed by atoms with E-state index in [1.54, 1.807) is 6.20 Å². The molecule has 4 heteroatoms. The van der Waals surface area contributed by atoms with Gasteiger partial charge in [-0.15, -0.1) is 0 Å². The van der Waals surface area contributed by atoms with Gasteiger partial charge in [-0.2, -0.15) is 4.98 Å². The third-order valence-electron chi connectivity index (χ3n) is 3.22. The van der Waals surface area contributed by atoms with Crippen molar-refractivity contribution in [1.82, 2.24) is 9.97 Å². The molecule has 2 aromatic rings. The smallest absolute Gasteiger partial charge is 0.226 e. The maximum absolute atomic E-state index is 5.87. The van der Waals surface area contributed by atoms with Crippen molar-refractivity contribution < 1.29 is 4.74 Å². The van der Waals surface area contributed by atoms with Gasteiger partial charge in [-0.05, 0) is 37.0 Å². The normalized spacial score (nSPS) is 10.7. The lowest BCUT2D eigenvalue weighted by molar-refractivity contribution is 0.458. The molecule has 0 spiro atoms. The molecule has 112 valence electrons. The highest BCUT2D eigenvalue weighted by Crippen LogP contribution is 2.25. The lowest BCUT2D eigenvalue weighted by Gasteiger charge is -2.11. The molecule has 1 N–H and O–H groups in total. The largest absolute Gasteiger partial charge is 0.439 e. The third kappa shape index (κ3) is 4.18. The zero-order valence-electron chi connectivity index (χ0n) is 13.2. The predicted molar refractivity (Wildman–Crippen MR) is 86.2 cm³/mol. The first-order chi connectivity index (χ1) is 10.1. The topological polar surface area (TPSA) is 47.0 Å². The number of benzene rings is 1. The number of hydrogen-bond donors (Lipinski definition) is 1. The van der Waals surface area contributed by atoms with Gasteiger partial charge >= 0.3 is 0 Å². The molecule has 0 unspecified atom stereocenters. The van der Waals surface area contributed by atoms with Gasteiger partial charge in [0.25, 0.3) is 0 Å². The maximum Gasteiger partial charge on any atom is 0.226 e. The van der Waals surface area contributed by atoms with Crippen LogP contribution in [-0.2, 0) is 0 Å². The van der Waals surface area contributed by atoms with Crippen LogP contribution < -0.4 is 10.1 Å². The second kappa shape index (κ2) is 7.07. The first-order valence-electron chi connectivity index (χ1n) is 7.45. The molecular formula is C17H23N3O. The lowest BCUT2D eigenvalue weighted by Crippen LogP contribution is -2.05. The van der Waals surface area contributed by atoms with Gasteiger partial charge in [0.1, 0.15) is 5.75 Å². The van der Waals surface area contributed by atoms with Crippen molar-refractivity contribution in [3.63, 3.8) is 0 Å². The van der Waals surface area contributed by atoms with Crippen molar-refractivity contribution in [3.05, 3.63) is 41.6 Å². The van der Waals surface area contributed by atoms with Gasteiger partial charge in [-0.25, -0.2) is 4.98 Å². The molecule has 0 aliphatic heterocycles. The Morgan fingerprint density at radius 1 is 1.19 bits per heavy atom. The maximum atomic E-state index is 5.87. The molecule has 2 rings (SSSR count). The van der Waals surface area contributed by atoms with E-state index in [-0.39, 0.29) is 0 Å². The molecule has 1 aromatic carbocycles. The van der Waals surface area contributed by atoms with Gasteiger partial charge in [0.2, 0.25) is 11.8 Å². The van der Waals surface area contributed by atoms with Crippen LogP contribution in [-0.4, -0.2) is 16.5 Å². The summed E-state index contributed by atoms with van der Waals surface area (Å²) in [5, 5.41) is 3.17. The minimum absolute atomic E-state index is 0.518. The Hall–Kier alpha value is -2.10. The van der Waals surface area contributed by atoms with Crippen molar-refractivity contribution in [2.45, 2.75) is 40.0 Å². The van der Waals surface area contributed by atoms with Crippen LogP contribution >= 0.6 is 0 Å². The van der Waals surface area contributed by atoms with Gasteiger partial charge in [0.05, 0.1) is 0 Å². The van der Waals surface area contributed by atoms with Gasteiger partial charge < -0.3 is 10.1 Å². The van der Waals surface area contributed by atoms with Crippen LogP contribution in [0.1, 0.15) is 44.2 Å². The fourth-order valence-electron chi connectivity index (χ4n) is 1.88. The second-order valence-electron chi connectivity index (χ2n) is 5.43. The number of ether oxygens (including phenoxy) is 1. The van der Waals surface area contributed by atoms with Crippen molar-refractivity contribution in [3.8, 4) is 11.6 Å².